The van der Waals surface area contributed by atoms with Crippen LogP contribution in [0.4, 0.5) is 10.1 Å². The highest BCUT2D eigenvalue weighted by atomic mass is 35.5. The average Bonchev–Trinajstić information content (AvgIpc) is 2.61. The fourth-order valence-electron chi connectivity index (χ4n) is 2.24. The van der Waals surface area contributed by atoms with E-state index in [-0.39, 0.29) is 12.1 Å². The van der Waals surface area contributed by atoms with Crippen LogP contribution in [0.5, 0.6) is 0 Å². The number of rotatable bonds is 5. The fraction of sp³-hybridized carbons (Fsp3) is 0.222. The molecule has 132 valence electrons. The second-order valence-corrected chi connectivity index (χ2v) is 5.94. The number of amides is 2. The lowest BCUT2D eigenvalue weighted by Gasteiger charge is -2.29. The first-order valence-electron chi connectivity index (χ1n) is 7.51. The molecule has 1 atom stereocenters. The minimum Gasteiger partial charge on any atom is -0.372 e. The standard InChI is InChI=1S/C18H18ClFN2O3/c1-18(25-2,12-7-3-5-9-14(12)20)11-21-16(23)17(24)22-15-10-6-4-8-13(15)19/h3-10H,11H2,1-2H3,(H,21,23)(H,22,24). The van der Waals surface area contributed by atoms with E-state index < -0.39 is 23.2 Å². The summed E-state index contributed by atoms with van der Waals surface area (Å²) in [5, 5.41) is 5.19. The molecule has 0 saturated carbocycles. The van der Waals surface area contributed by atoms with Gasteiger partial charge in [-0.25, -0.2) is 4.39 Å². The van der Waals surface area contributed by atoms with Gasteiger partial charge in [0.05, 0.1) is 17.3 Å². The SMILES string of the molecule is COC(C)(CNC(=O)C(=O)Nc1ccccc1Cl)c1ccccc1F. The molecule has 7 heteroatoms. The molecule has 2 N–H and O–H groups in total. The molecule has 1 unspecified atom stereocenters. The number of hydrogen-bond donors (Lipinski definition) is 2. The molecular formula is C18H18ClFN2O3. The largest absolute Gasteiger partial charge is 0.372 e. The van der Waals surface area contributed by atoms with Crippen molar-refractivity contribution in [3.63, 3.8) is 0 Å². The van der Waals surface area contributed by atoms with Gasteiger partial charge < -0.3 is 15.4 Å². The molecule has 0 bridgehead atoms. The Kier molecular flexibility index (Phi) is 6.12. The van der Waals surface area contributed by atoms with Crippen molar-refractivity contribution in [2.45, 2.75) is 12.5 Å². The van der Waals surface area contributed by atoms with E-state index in [1.165, 1.54) is 13.2 Å². The first-order valence-corrected chi connectivity index (χ1v) is 7.89. The summed E-state index contributed by atoms with van der Waals surface area (Å²) in [7, 11) is 1.41. The predicted molar refractivity (Wildman–Crippen MR) is 93.9 cm³/mol. The van der Waals surface area contributed by atoms with E-state index in [9.17, 15) is 14.0 Å². The van der Waals surface area contributed by atoms with E-state index in [0.717, 1.165) is 0 Å². The Morgan fingerprint density at radius 3 is 2.40 bits per heavy atom. The highest BCUT2D eigenvalue weighted by Crippen LogP contribution is 2.26. The van der Waals surface area contributed by atoms with Crippen LogP contribution in [0.2, 0.25) is 5.02 Å². The minimum absolute atomic E-state index is 0.0841. The molecule has 0 aliphatic heterocycles. The second kappa shape index (κ2) is 8.09. The molecular weight excluding hydrogens is 347 g/mol. The van der Waals surface area contributed by atoms with Crippen LogP contribution in [0.3, 0.4) is 0 Å². The first kappa shape index (κ1) is 18.9. The molecule has 0 aliphatic rings. The number of methoxy groups -OCH3 is 1. The molecule has 2 amide bonds. The third-order valence-electron chi connectivity index (χ3n) is 3.81. The summed E-state index contributed by atoms with van der Waals surface area (Å²) in [6, 6.07) is 12.6. The summed E-state index contributed by atoms with van der Waals surface area (Å²) < 4.78 is 19.4. The van der Waals surface area contributed by atoms with Gasteiger partial charge >= 0.3 is 11.8 Å². The van der Waals surface area contributed by atoms with Crippen molar-refractivity contribution < 1.29 is 18.7 Å². The van der Waals surface area contributed by atoms with Crippen LogP contribution in [0.25, 0.3) is 0 Å². The van der Waals surface area contributed by atoms with Gasteiger partial charge in [-0.1, -0.05) is 41.9 Å². The van der Waals surface area contributed by atoms with Gasteiger partial charge in [0.25, 0.3) is 0 Å². The van der Waals surface area contributed by atoms with Crippen LogP contribution < -0.4 is 10.6 Å². The zero-order chi connectivity index (χ0) is 18.4. The zero-order valence-corrected chi connectivity index (χ0v) is 14.6. The van der Waals surface area contributed by atoms with Crippen molar-refractivity contribution in [2.75, 3.05) is 19.0 Å². The molecule has 0 heterocycles. The molecule has 5 nitrogen and oxygen atoms in total. The van der Waals surface area contributed by atoms with Gasteiger partial charge in [0.1, 0.15) is 11.4 Å². The van der Waals surface area contributed by atoms with Crippen LogP contribution in [0.15, 0.2) is 48.5 Å². The Bertz CT molecular complexity index is 784. The molecule has 0 aliphatic carbocycles. The summed E-state index contributed by atoms with van der Waals surface area (Å²) in [5.74, 6) is -2.21. The smallest absolute Gasteiger partial charge is 0.313 e. The molecule has 0 fully saturated rings. The summed E-state index contributed by atoms with van der Waals surface area (Å²) in [4.78, 5) is 24.0. The molecule has 0 aromatic heterocycles. The molecule has 2 aromatic carbocycles. The van der Waals surface area contributed by atoms with Gasteiger partial charge in [-0.05, 0) is 25.1 Å². The third-order valence-corrected chi connectivity index (χ3v) is 4.14. The maximum absolute atomic E-state index is 14.0. The quantitative estimate of drug-likeness (QED) is 0.801. The first-order chi connectivity index (χ1) is 11.9. The Balaban J connectivity index is 2.03. The van der Waals surface area contributed by atoms with Gasteiger partial charge in [-0.2, -0.15) is 0 Å². The van der Waals surface area contributed by atoms with Crippen LogP contribution in [0, 0.1) is 5.82 Å². The summed E-state index contributed by atoms with van der Waals surface area (Å²) in [6.45, 7) is 1.54. The van der Waals surface area contributed by atoms with E-state index in [2.05, 4.69) is 10.6 Å². The van der Waals surface area contributed by atoms with Crippen molar-refractivity contribution in [3.8, 4) is 0 Å². The van der Waals surface area contributed by atoms with Crippen LogP contribution in [-0.4, -0.2) is 25.5 Å². The monoisotopic (exact) mass is 364 g/mol. The number of carbonyl (C=O) groups excluding carboxylic acids is 2. The van der Waals surface area contributed by atoms with E-state index >= 15 is 0 Å². The summed E-state index contributed by atoms with van der Waals surface area (Å²) in [5.41, 5.74) is -0.511. The third kappa shape index (κ3) is 4.55. The number of anilines is 1. The number of benzene rings is 2. The van der Waals surface area contributed by atoms with E-state index in [1.54, 1.807) is 49.4 Å². The topological polar surface area (TPSA) is 67.4 Å². The number of halogens is 2. The van der Waals surface area contributed by atoms with Crippen LogP contribution in [0.1, 0.15) is 12.5 Å². The van der Waals surface area contributed by atoms with Crippen molar-refractivity contribution in [3.05, 3.63) is 64.9 Å². The fourth-order valence-corrected chi connectivity index (χ4v) is 2.42. The summed E-state index contributed by atoms with van der Waals surface area (Å²) in [6.07, 6.45) is 0. The number of carbonyl (C=O) groups is 2. The maximum atomic E-state index is 14.0. The molecule has 0 spiro atoms. The average molecular weight is 365 g/mol. The molecule has 2 rings (SSSR count). The lowest BCUT2D eigenvalue weighted by molar-refractivity contribution is -0.137. The zero-order valence-electron chi connectivity index (χ0n) is 13.8. The van der Waals surface area contributed by atoms with Crippen molar-refractivity contribution in [1.82, 2.24) is 5.32 Å². The molecule has 0 radical (unpaired) electrons. The van der Waals surface area contributed by atoms with Gasteiger partial charge in [-0.15, -0.1) is 0 Å². The van der Waals surface area contributed by atoms with Gasteiger partial charge in [0.2, 0.25) is 0 Å². The highest BCUT2D eigenvalue weighted by molar-refractivity contribution is 6.41. The minimum atomic E-state index is -1.12. The number of hydrogen-bond acceptors (Lipinski definition) is 3. The second-order valence-electron chi connectivity index (χ2n) is 5.53. The lowest BCUT2D eigenvalue weighted by atomic mass is 9.95. The van der Waals surface area contributed by atoms with Crippen molar-refractivity contribution in [1.29, 1.82) is 0 Å². The van der Waals surface area contributed by atoms with Crippen molar-refractivity contribution in [2.24, 2.45) is 0 Å². The Morgan fingerprint density at radius 2 is 1.76 bits per heavy atom. The van der Waals surface area contributed by atoms with Crippen molar-refractivity contribution >= 4 is 29.1 Å². The number of para-hydroxylation sites is 1. The Labute approximate surface area is 150 Å². The highest BCUT2D eigenvalue weighted by Gasteiger charge is 2.30. The van der Waals surface area contributed by atoms with Crippen LogP contribution >= 0.6 is 11.6 Å². The lowest BCUT2D eigenvalue weighted by Crippen LogP contribution is -2.44. The van der Waals surface area contributed by atoms with Gasteiger partial charge in [0, 0.05) is 12.7 Å². The van der Waals surface area contributed by atoms with Crippen LogP contribution in [-0.2, 0) is 19.9 Å². The Morgan fingerprint density at radius 1 is 1.12 bits per heavy atom. The normalized spacial score (nSPS) is 13.0. The summed E-state index contributed by atoms with van der Waals surface area (Å²) >= 11 is 5.93. The van der Waals surface area contributed by atoms with E-state index in [0.29, 0.717) is 10.7 Å². The predicted octanol–water partition coefficient (Wildman–Crippen LogP) is 3.10. The molecule has 0 saturated heterocycles. The van der Waals surface area contributed by atoms with Gasteiger partial charge in [0.15, 0.2) is 0 Å². The number of ether oxygens (including phenoxy) is 1. The van der Waals surface area contributed by atoms with E-state index in [4.69, 9.17) is 16.3 Å². The maximum Gasteiger partial charge on any atom is 0.313 e. The van der Waals surface area contributed by atoms with Gasteiger partial charge in [-0.3, -0.25) is 9.59 Å². The Hall–Kier alpha value is -2.44. The molecule has 2 aromatic rings. The number of nitrogens with one attached hydrogen (secondary N) is 2. The molecule has 25 heavy (non-hydrogen) atoms. The van der Waals surface area contributed by atoms with E-state index in [1.807, 2.05) is 0 Å².